The van der Waals surface area contributed by atoms with E-state index in [1.807, 2.05) is 13.1 Å². The Morgan fingerprint density at radius 2 is 2.31 bits per heavy atom. The van der Waals surface area contributed by atoms with Crippen molar-refractivity contribution in [3.05, 3.63) is 18.0 Å². The van der Waals surface area contributed by atoms with Gasteiger partial charge in [0.25, 0.3) is 0 Å². The molecule has 0 unspecified atom stereocenters. The second kappa shape index (κ2) is 5.97. The Bertz CT molecular complexity index is 413. The van der Waals surface area contributed by atoms with Gasteiger partial charge in [-0.25, -0.2) is 13.1 Å². The van der Waals surface area contributed by atoms with Crippen molar-refractivity contribution in [1.82, 2.24) is 14.5 Å². The number of sulfonamides is 1. The predicted molar refractivity (Wildman–Crippen MR) is 60.4 cm³/mol. The quantitative estimate of drug-likeness (QED) is 0.665. The Hall–Kier alpha value is -0.920. The van der Waals surface area contributed by atoms with Gasteiger partial charge in [0.2, 0.25) is 10.0 Å². The topological polar surface area (TPSA) is 84.2 Å². The molecule has 1 aromatic heterocycles. The fourth-order valence-electron chi connectivity index (χ4n) is 1.31. The molecular weight excluding hydrogens is 230 g/mol. The fraction of sp³-hybridized carbons (Fsp3) is 0.667. The van der Waals surface area contributed by atoms with E-state index in [0.717, 1.165) is 5.69 Å². The first kappa shape index (κ1) is 13.1. The van der Waals surface area contributed by atoms with Crippen molar-refractivity contribution in [2.45, 2.75) is 12.8 Å². The molecule has 6 nitrogen and oxygen atoms in total. The number of hydrogen-bond donors (Lipinski definition) is 2. The molecule has 0 radical (unpaired) electrons. The van der Waals surface area contributed by atoms with Crippen LogP contribution in [0.4, 0.5) is 0 Å². The lowest BCUT2D eigenvalue weighted by Gasteiger charge is -2.05. The predicted octanol–water partition coefficient (Wildman–Crippen LogP) is -0.736. The normalized spacial score (nSPS) is 11.9. The van der Waals surface area contributed by atoms with E-state index in [-0.39, 0.29) is 18.8 Å². The number of hydrogen-bond acceptors (Lipinski definition) is 4. The van der Waals surface area contributed by atoms with E-state index >= 15 is 0 Å². The summed E-state index contributed by atoms with van der Waals surface area (Å²) < 4.78 is 26.9. The lowest BCUT2D eigenvalue weighted by atomic mass is 10.3. The molecule has 0 fully saturated rings. The highest BCUT2D eigenvalue weighted by atomic mass is 32.2. The van der Waals surface area contributed by atoms with Crippen molar-refractivity contribution in [2.75, 3.05) is 18.9 Å². The average Bonchev–Trinajstić information content (AvgIpc) is 2.62. The molecule has 0 aromatic carbocycles. The molecule has 0 aliphatic heterocycles. The van der Waals surface area contributed by atoms with Crippen molar-refractivity contribution in [1.29, 1.82) is 0 Å². The van der Waals surface area contributed by atoms with Gasteiger partial charge in [0.05, 0.1) is 5.75 Å². The van der Waals surface area contributed by atoms with Crippen LogP contribution in [-0.2, 0) is 23.5 Å². The molecule has 7 heteroatoms. The minimum Gasteiger partial charge on any atom is -0.396 e. The van der Waals surface area contributed by atoms with Crippen LogP contribution in [0.25, 0.3) is 0 Å². The molecule has 1 heterocycles. The van der Waals surface area contributed by atoms with Crippen molar-refractivity contribution in [3.8, 4) is 0 Å². The summed E-state index contributed by atoms with van der Waals surface area (Å²) >= 11 is 0. The Balaban J connectivity index is 2.33. The van der Waals surface area contributed by atoms with Crippen LogP contribution in [0.5, 0.6) is 0 Å². The van der Waals surface area contributed by atoms with Gasteiger partial charge in [-0.1, -0.05) is 0 Å². The van der Waals surface area contributed by atoms with Crippen molar-refractivity contribution >= 4 is 10.0 Å². The maximum absolute atomic E-state index is 11.4. The second-order valence-electron chi connectivity index (χ2n) is 3.49. The Kier molecular flexibility index (Phi) is 4.91. The molecule has 0 saturated heterocycles. The zero-order valence-corrected chi connectivity index (χ0v) is 10.1. The summed E-state index contributed by atoms with van der Waals surface area (Å²) in [5, 5.41) is 12.5. The lowest BCUT2D eigenvalue weighted by Crippen LogP contribution is -2.29. The third-order valence-corrected chi connectivity index (χ3v) is 3.67. The number of nitrogens with one attached hydrogen (secondary N) is 1. The summed E-state index contributed by atoms with van der Waals surface area (Å²) in [4.78, 5) is 0. The van der Waals surface area contributed by atoms with Crippen LogP contribution in [0.3, 0.4) is 0 Å². The van der Waals surface area contributed by atoms with Crippen molar-refractivity contribution in [2.24, 2.45) is 7.05 Å². The molecule has 0 saturated carbocycles. The van der Waals surface area contributed by atoms with Crippen LogP contribution in [0.1, 0.15) is 12.1 Å². The van der Waals surface area contributed by atoms with Gasteiger partial charge in [0.15, 0.2) is 0 Å². The molecule has 92 valence electrons. The first-order chi connectivity index (χ1) is 7.55. The van der Waals surface area contributed by atoms with Crippen LogP contribution < -0.4 is 4.72 Å². The number of aromatic nitrogens is 2. The van der Waals surface area contributed by atoms with Crippen LogP contribution in [0, 0.1) is 0 Å². The number of rotatable bonds is 7. The van der Waals surface area contributed by atoms with Gasteiger partial charge >= 0.3 is 0 Å². The van der Waals surface area contributed by atoms with Crippen molar-refractivity contribution < 1.29 is 13.5 Å². The fourth-order valence-corrected chi connectivity index (χ4v) is 2.37. The zero-order valence-electron chi connectivity index (χ0n) is 9.26. The highest BCUT2D eigenvalue weighted by Crippen LogP contribution is 1.97. The third kappa shape index (κ3) is 4.30. The van der Waals surface area contributed by atoms with Gasteiger partial charge in [-0.3, -0.25) is 4.68 Å². The molecule has 1 rings (SSSR count). The first-order valence-electron chi connectivity index (χ1n) is 5.10. The number of aryl methyl sites for hydroxylation is 1. The van der Waals surface area contributed by atoms with E-state index in [0.29, 0.717) is 13.0 Å². The molecule has 16 heavy (non-hydrogen) atoms. The van der Waals surface area contributed by atoms with Gasteiger partial charge in [0, 0.05) is 38.5 Å². The van der Waals surface area contributed by atoms with Crippen LogP contribution in [0.15, 0.2) is 12.3 Å². The number of aliphatic hydroxyl groups is 1. The summed E-state index contributed by atoms with van der Waals surface area (Å²) in [6, 6.07) is 1.85. The Labute approximate surface area is 95.3 Å². The maximum Gasteiger partial charge on any atom is 0.211 e. The van der Waals surface area contributed by atoms with Crippen LogP contribution in [0.2, 0.25) is 0 Å². The Morgan fingerprint density at radius 1 is 1.56 bits per heavy atom. The summed E-state index contributed by atoms with van der Waals surface area (Å²) in [7, 11) is -1.43. The van der Waals surface area contributed by atoms with Gasteiger partial charge in [-0.05, 0) is 12.5 Å². The van der Waals surface area contributed by atoms with Gasteiger partial charge in [-0.2, -0.15) is 5.10 Å². The number of nitrogens with zero attached hydrogens (tertiary/aromatic N) is 2. The van der Waals surface area contributed by atoms with Gasteiger partial charge < -0.3 is 5.11 Å². The van der Waals surface area contributed by atoms with Crippen molar-refractivity contribution in [3.63, 3.8) is 0 Å². The first-order valence-corrected chi connectivity index (χ1v) is 6.75. The monoisotopic (exact) mass is 247 g/mol. The summed E-state index contributed by atoms with van der Waals surface area (Å²) in [6.45, 7) is 0.246. The summed E-state index contributed by atoms with van der Waals surface area (Å²) in [5.41, 5.74) is 0.977. The number of aliphatic hydroxyl groups excluding tert-OH is 1. The van der Waals surface area contributed by atoms with E-state index < -0.39 is 10.0 Å². The SMILES string of the molecule is Cn1nccc1CCNS(=O)(=O)CCCO. The van der Waals surface area contributed by atoms with Crippen LogP contribution in [-0.4, -0.2) is 42.2 Å². The zero-order chi connectivity index (χ0) is 12.0. The van der Waals surface area contributed by atoms with E-state index in [9.17, 15) is 8.42 Å². The summed E-state index contributed by atoms with van der Waals surface area (Å²) in [6.07, 6.45) is 2.55. The lowest BCUT2D eigenvalue weighted by molar-refractivity contribution is 0.295. The van der Waals surface area contributed by atoms with E-state index in [1.54, 1.807) is 10.9 Å². The molecule has 0 aliphatic rings. The van der Waals surface area contributed by atoms with E-state index in [1.165, 1.54) is 0 Å². The highest BCUT2D eigenvalue weighted by molar-refractivity contribution is 7.89. The molecule has 0 spiro atoms. The molecule has 0 aliphatic carbocycles. The summed E-state index contributed by atoms with van der Waals surface area (Å²) in [5.74, 6) is -0.0329. The molecule has 2 N–H and O–H groups in total. The minimum atomic E-state index is -3.25. The van der Waals surface area contributed by atoms with Crippen LogP contribution >= 0.6 is 0 Å². The minimum absolute atomic E-state index is 0.0329. The van der Waals surface area contributed by atoms with Gasteiger partial charge in [0.1, 0.15) is 0 Å². The largest absolute Gasteiger partial charge is 0.396 e. The maximum atomic E-state index is 11.4. The smallest absolute Gasteiger partial charge is 0.211 e. The second-order valence-corrected chi connectivity index (χ2v) is 5.41. The molecule has 1 aromatic rings. The van der Waals surface area contributed by atoms with Gasteiger partial charge in [-0.15, -0.1) is 0 Å². The molecular formula is C9H17N3O3S. The van der Waals surface area contributed by atoms with E-state index in [4.69, 9.17) is 5.11 Å². The highest BCUT2D eigenvalue weighted by Gasteiger charge is 2.09. The molecule has 0 atom stereocenters. The third-order valence-electron chi connectivity index (χ3n) is 2.20. The standard InChI is InChI=1S/C9H17N3O3S/c1-12-9(3-5-10-12)4-6-11-16(14,15)8-2-7-13/h3,5,11,13H,2,4,6-8H2,1H3. The van der Waals surface area contributed by atoms with E-state index in [2.05, 4.69) is 9.82 Å². The molecule has 0 amide bonds. The average molecular weight is 247 g/mol. The molecule has 0 bridgehead atoms. The Morgan fingerprint density at radius 3 is 2.88 bits per heavy atom.